The van der Waals surface area contributed by atoms with Gasteiger partial charge in [-0.3, -0.25) is 0 Å². The van der Waals surface area contributed by atoms with Crippen LogP contribution in [0.1, 0.15) is 38.5 Å². The average molecular weight is 393 g/mol. The van der Waals surface area contributed by atoms with Gasteiger partial charge in [0.2, 0.25) is 0 Å². The molecule has 0 aromatic rings. The van der Waals surface area contributed by atoms with Crippen LogP contribution in [0.4, 0.5) is 0 Å². The van der Waals surface area contributed by atoms with Gasteiger partial charge in [-0.1, -0.05) is 32.1 Å². The summed E-state index contributed by atoms with van der Waals surface area (Å²) in [5.41, 5.74) is 0. The van der Waals surface area contributed by atoms with E-state index < -0.39 is 0 Å². The molecular weight excluding hydrogens is 363 g/mol. The Morgan fingerprint density at radius 3 is 1.56 bits per heavy atom. The Balaban J connectivity index is -0.0000000785. The Morgan fingerprint density at radius 2 is 1.31 bits per heavy atom. The predicted molar refractivity (Wildman–Crippen MR) is 73.4 cm³/mol. The first kappa shape index (κ1) is 25.6. The van der Waals surface area contributed by atoms with E-state index in [9.17, 15) is 0 Å². The standard InChI is InChI=1S/C8H15.2C2H6N.CH3.Hf/c1-2-5-8-6-3-4-7-8;2*1-3-2;;/h8H,1-7H2;2*1-2H3;1H3;/q4*-1;+4. The molecule has 1 rings (SSSR count). The fourth-order valence-electron chi connectivity index (χ4n) is 1.59. The molecule has 0 aromatic heterocycles. The van der Waals surface area contributed by atoms with E-state index in [2.05, 4.69) is 17.6 Å². The van der Waals surface area contributed by atoms with Gasteiger partial charge >= 0.3 is 25.8 Å². The molecule has 96 valence electrons. The first-order valence-corrected chi connectivity index (χ1v) is 5.51. The summed E-state index contributed by atoms with van der Waals surface area (Å²) in [5, 5.41) is 7.00. The fourth-order valence-corrected chi connectivity index (χ4v) is 1.59. The van der Waals surface area contributed by atoms with Gasteiger partial charge in [-0.2, -0.15) is 34.6 Å². The summed E-state index contributed by atoms with van der Waals surface area (Å²) in [5.74, 6) is 1.05. The van der Waals surface area contributed by atoms with Crippen LogP contribution in [0.15, 0.2) is 0 Å². The van der Waals surface area contributed by atoms with Crippen molar-refractivity contribution in [3.05, 3.63) is 25.0 Å². The molecule has 0 aromatic carbocycles. The number of hydrogen-bond acceptors (Lipinski definition) is 0. The molecule has 0 amide bonds. The summed E-state index contributed by atoms with van der Waals surface area (Å²) in [6, 6.07) is 0. The molecule has 16 heavy (non-hydrogen) atoms. The van der Waals surface area contributed by atoms with Crippen LogP contribution in [0.5, 0.6) is 0 Å². The third-order valence-electron chi connectivity index (χ3n) is 2.09. The molecule has 1 aliphatic rings. The third-order valence-corrected chi connectivity index (χ3v) is 2.09. The summed E-state index contributed by atoms with van der Waals surface area (Å²) in [6.07, 6.45) is 8.44. The van der Waals surface area contributed by atoms with Gasteiger partial charge in [0, 0.05) is 0 Å². The molecule has 0 heterocycles. The van der Waals surface area contributed by atoms with E-state index >= 15 is 0 Å². The summed E-state index contributed by atoms with van der Waals surface area (Å²) in [6.45, 7) is 3.85. The minimum atomic E-state index is 0. The molecular formula is C13H30HfN2. The molecule has 0 bridgehead atoms. The zero-order chi connectivity index (χ0) is 11.2. The van der Waals surface area contributed by atoms with Gasteiger partial charge in [-0.15, -0.1) is 0 Å². The number of nitrogens with zero attached hydrogens (tertiary/aromatic N) is 2. The van der Waals surface area contributed by atoms with Crippen LogP contribution in [-0.2, 0) is 25.8 Å². The van der Waals surface area contributed by atoms with E-state index in [-0.39, 0.29) is 33.3 Å². The monoisotopic (exact) mass is 394 g/mol. The van der Waals surface area contributed by atoms with Crippen molar-refractivity contribution in [1.82, 2.24) is 0 Å². The SMILES string of the molecule is C[N-]C.C[N-]C.[CH2-]CCC1CCCC1.[CH3-].[Hf+4]. The second-order valence-electron chi connectivity index (χ2n) is 3.69. The van der Waals surface area contributed by atoms with Crippen LogP contribution < -0.4 is 0 Å². The summed E-state index contributed by atoms with van der Waals surface area (Å²) in [7, 11) is 7.00. The van der Waals surface area contributed by atoms with Crippen molar-refractivity contribution in [2.75, 3.05) is 28.2 Å². The Morgan fingerprint density at radius 1 is 1.00 bits per heavy atom. The minimum absolute atomic E-state index is 0. The zero-order valence-electron chi connectivity index (χ0n) is 11.9. The zero-order valence-corrected chi connectivity index (χ0v) is 15.5. The maximum Gasteiger partial charge on any atom is 4.00 e. The molecule has 0 atom stereocenters. The second-order valence-corrected chi connectivity index (χ2v) is 3.69. The molecule has 0 saturated heterocycles. The molecule has 0 aliphatic heterocycles. The molecule has 1 fully saturated rings. The Bertz CT molecular complexity index is 82.0. The second kappa shape index (κ2) is 24.8. The molecule has 0 unspecified atom stereocenters. The van der Waals surface area contributed by atoms with Gasteiger partial charge < -0.3 is 25.0 Å². The summed E-state index contributed by atoms with van der Waals surface area (Å²) >= 11 is 0. The first-order valence-electron chi connectivity index (χ1n) is 5.51. The van der Waals surface area contributed by atoms with Crippen LogP contribution in [0.3, 0.4) is 0 Å². The topological polar surface area (TPSA) is 28.2 Å². The van der Waals surface area contributed by atoms with Crippen LogP contribution in [0.25, 0.3) is 10.6 Å². The smallest absolute Gasteiger partial charge is 0.668 e. The van der Waals surface area contributed by atoms with Crippen molar-refractivity contribution >= 4 is 0 Å². The quantitative estimate of drug-likeness (QED) is 0.489. The van der Waals surface area contributed by atoms with E-state index in [0.717, 1.165) is 12.3 Å². The maximum absolute atomic E-state index is 3.85. The van der Waals surface area contributed by atoms with Crippen LogP contribution in [0.2, 0.25) is 0 Å². The van der Waals surface area contributed by atoms with Crippen molar-refractivity contribution in [3.63, 3.8) is 0 Å². The minimum Gasteiger partial charge on any atom is -0.668 e. The largest absolute Gasteiger partial charge is 4.00 e. The van der Waals surface area contributed by atoms with E-state index in [0.29, 0.717) is 0 Å². The van der Waals surface area contributed by atoms with E-state index in [1.54, 1.807) is 28.2 Å². The Labute approximate surface area is 123 Å². The van der Waals surface area contributed by atoms with E-state index in [1.807, 2.05) is 0 Å². The van der Waals surface area contributed by atoms with Gasteiger partial charge in [-0.05, 0) is 5.92 Å². The average Bonchev–Trinajstić information content (AvgIpc) is 2.60. The van der Waals surface area contributed by atoms with Crippen LogP contribution in [0, 0.1) is 20.3 Å². The molecule has 0 radical (unpaired) electrons. The van der Waals surface area contributed by atoms with E-state index in [1.165, 1.54) is 32.1 Å². The van der Waals surface area contributed by atoms with Crippen molar-refractivity contribution in [1.29, 1.82) is 0 Å². The molecule has 3 heteroatoms. The summed E-state index contributed by atoms with van der Waals surface area (Å²) < 4.78 is 0. The first-order chi connectivity index (χ1) is 6.76. The normalized spacial score (nSPS) is 13.3. The molecule has 0 N–H and O–H groups in total. The fraction of sp³-hybridized carbons (Fsp3) is 0.846. The van der Waals surface area contributed by atoms with Crippen molar-refractivity contribution in [2.45, 2.75) is 38.5 Å². The Hall–Kier alpha value is 0.790. The van der Waals surface area contributed by atoms with Gasteiger partial charge in [0.25, 0.3) is 0 Å². The van der Waals surface area contributed by atoms with Crippen LogP contribution in [-0.4, -0.2) is 28.2 Å². The van der Waals surface area contributed by atoms with Gasteiger partial charge in [0.15, 0.2) is 0 Å². The summed E-state index contributed by atoms with van der Waals surface area (Å²) in [4.78, 5) is 0. The molecule has 0 spiro atoms. The maximum atomic E-state index is 3.85. The van der Waals surface area contributed by atoms with Crippen molar-refractivity contribution in [3.8, 4) is 0 Å². The molecule has 1 saturated carbocycles. The van der Waals surface area contributed by atoms with Crippen LogP contribution >= 0.6 is 0 Å². The number of rotatable bonds is 2. The third kappa shape index (κ3) is 24.2. The van der Waals surface area contributed by atoms with E-state index in [4.69, 9.17) is 0 Å². The van der Waals surface area contributed by atoms with Gasteiger partial charge in [-0.25, -0.2) is 0 Å². The van der Waals surface area contributed by atoms with Crippen molar-refractivity contribution < 1.29 is 25.8 Å². The van der Waals surface area contributed by atoms with Gasteiger partial charge in [0.05, 0.1) is 0 Å². The predicted octanol–water partition coefficient (Wildman–Crippen LogP) is 4.48. The number of hydrogen-bond donors (Lipinski definition) is 0. The Kier molecular flexibility index (Phi) is 39.7. The van der Waals surface area contributed by atoms with Crippen molar-refractivity contribution in [2.24, 2.45) is 5.92 Å². The molecule has 1 aliphatic carbocycles. The van der Waals surface area contributed by atoms with Gasteiger partial charge in [0.1, 0.15) is 0 Å². The molecule has 2 nitrogen and oxygen atoms in total.